The van der Waals surface area contributed by atoms with E-state index in [-0.39, 0.29) is 29.8 Å². The van der Waals surface area contributed by atoms with E-state index in [2.05, 4.69) is 9.97 Å². The minimum absolute atomic E-state index is 0.0267. The van der Waals surface area contributed by atoms with Crippen molar-refractivity contribution in [3.05, 3.63) is 17.3 Å². The number of hydrogen-bond donors (Lipinski definition) is 1. The number of anilines is 1. The van der Waals surface area contributed by atoms with Crippen molar-refractivity contribution in [2.75, 3.05) is 11.4 Å². The molecule has 0 spiro atoms. The molecule has 1 atom stereocenters. The average Bonchev–Trinajstić information content (AvgIpc) is 2.50. The molecule has 15 heavy (non-hydrogen) atoms. The molecule has 80 valence electrons. The van der Waals surface area contributed by atoms with Crippen molar-refractivity contribution in [1.82, 2.24) is 9.97 Å². The van der Waals surface area contributed by atoms with E-state index in [0.717, 1.165) is 11.2 Å². The van der Waals surface area contributed by atoms with Crippen molar-refractivity contribution in [2.24, 2.45) is 0 Å². The van der Waals surface area contributed by atoms with Gasteiger partial charge in [-0.1, -0.05) is 11.6 Å². The van der Waals surface area contributed by atoms with Crippen molar-refractivity contribution in [3.8, 4) is 0 Å². The fourth-order valence-electron chi connectivity index (χ4n) is 1.42. The van der Waals surface area contributed by atoms with Crippen LogP contribution in [0.3, 0.4) is 0 Å². The summed E-state index contributed by atoms with van der Waals surface area (Å²) in [6, 6.07) is 0. The molecule has 1 amide bonds. The first-order valence-corrected chi connectivity index (χ1v) is 4.62. The molecule has 1 aliphatic rings. The Kier molecular flexibility index (Phi) is 2.54. The van der Waals surface area contributed by atoms with Crippen LogP contribution in [0, 0.1) is 5.82 Å². The number of β-amino-alcohol motifs (C(OH)–C–C–N with tert-alkyl or cyclic N) is 1. The van der Waals surface area contributed by atoms with Crippen LogP contribution >= 0.6 is 11.6 Å². The largest absolute Gasteiger partial charge is 0.391 e. The predicted molar refractivity (Wildman–Crippen MR) is 50.0 cm³/mol. The minimum atomic E-state index is -0.846. The Labute approximate surface area is 89.5 Å². The van der Waals surface area contributed by atoms with Gasteiger partial charge in [0, 0.05) is 0 Å². The summed E-state index contributed by atoms with van der Waals surface area (Å²) in [5.74, 6) is -1.41. The van der Waals surface area contributed by atoms with Crippen LogP contribution in [-0.4, -0.2) is 33.6 Å². The normalized spacial score (nSPS) is 21.1. The molecule has 1 unspecified atom stereocenters. The monoisotopic (exact) mass is 231 g/mol. The number of nitrogens with zero attached hydrogens (tertiary/aromatic N) is 3. The van der Waals surface area contributed by atoms with Gasteiger partial charge >= 0.3 is 0 Å². The molecule has 0 aromatic carbocycles. The number of rotatable bonds is 1. The molecule has 0 saturated carbocycles. The van der Waals surface area contributed by atoms with Crippen molar-refractivity contribution >= 4 is 23.3 Å². The SMILES string of the molecule is O=C1CC(O)CN1c1ncnc(Cl)c1F. The zero-order valence-electron chi connectivity index (χ0n) is 7.52. The third-order valence-electron chi connectivity index (χ3n) is 2.09. The lowest BCUT2D eigenvalue weighted by Gasteiger charge is -2.14. The van der Waals surface area contributed by atoms with Crippen molar-refractivity contribution in [3.63, 3.8) is 0 Å². The topological polar surface area (TPSA) is 66.3 Å². The summed E-state index contributed by atoms with van der Waals surface area (Å²) in [5, 5.41) is 8.89. The summed E-state index contributed by atoms with van der Waals surface area (Å²) in [6.07, 6.45) is 0.255. The molecule has 0 aliphatic carbocycles. The highest BCUT2D eigenvalue weighted by atomic mass is 35.5. The average molecular weight is 232 g/mol. The third-order valence-corrected chi connectivity index (χ3v) is 2.35. The first-order chi connectivity index (χ1) is 7.09. The molecule has 1 aliphatic heterocycles. The molecule has 2 rings (SSSR count). The van der Waals surface area contributed by atoms with Gasteiger partial charge in [-0.3, -0.25) is 9.69 Å². The molecule has 5 nitrogen and oxygen atoms in total. The molecule has 7 heteroatoms. The van der Waals surface area contributed by atoms with Gasteiger partial charge in [-0.05, 0) is 0 Å². The van der Waals surface area contributed by atoms with E-state index in [9.17, 15) is 14.3 Å². The smallest absolute Gasteiger partial charge is 0.230 e. The van der Waals surface area contributed by atoms with Crippen LogP contribution in [0.2, 0.25) is 5.15 Å². The van der Waals surface area contributed by atoms with E-state index in [0.29, 0.717) is 0 Å². The van der Waals surface area contributed by atoms with Crippen LogP contribution in [0.5, 0.6) is 0 Å². The Balaban J connectivity index is 2.38. The minimum Gasteiger partial charge on any atom is -0.391 e. The number of amides is 1. The van der Waals surface area contributed by atoms with Crippen molar-refractivity contribution < 1.29 is 14.3 Å². The first-order valence-electron chi connectivity index (χ1n) is 4.24. The second-order valence-corrected chi connectivity index (χ2v) is 3.52. The number of aliphatic hydroxyl groups is 1. The molecule has 2 heterocycles. The van der Waals surface area contributed by atoms with E-state index in [1.165, 1.54) is 0 Å². The molecule has 1 aromatic rings. The predicted octanol–water partition coefficient (Wildman–Crippen LogP) is 0.367. The lowest BCUT2D eigenvalue weighted by molar-refractivity contribution is -0.117. The van der Waals surface area contributed by atoms with Gasteiger partial charge < -0.3 is 5.11 Å². The number of carbonyl (C=O) groups excluding carboxylic acids is 1. The van der Waals surface area contributed by atoms with Gasteiger partial charge in [-0.15, -0.1) is 0 Å². The number of carbonyl (C=O) groups is 1. The molecule has 1 saturated heterocycles. The molecule has 1 aromatic heterocycles. The first kappa shape index (κ1) is 10.3. The van der Waals surface area contributed by atoms with Crippen LogP contribution in [0.4, 0.5) is 10.2 Å². The summed E-state index contributed by atoms with van der Waals surface area (Å²) in [5.41, 5.74) is 0. The third kappa shape index (κ3) is 1.78. The van der Waals surface area contributed by atoms with Gasteiger partial charge in [0.1, 0.15) is 6.33 Å². The number of hydrogen-bond acceptors (Lipinski definition) is 4. The van der Waals surface area contributed by atoms with Crippen LogP contribution in [0.1, 0.15) is 6.42 Å². The second kappa shape index (κ2) is 3.71. The Morgan fingerprint density at radius 3 is 2.93 bits per heavy atom. The summed E-state index contributed by atoms with van der Waals surface area (Å²) in [4.78, 5) is 19.5. The zero-order valence-corrected chi connectivity index (χ0v) is 8.28. The zero-order chi connectivity index (χ0) is 11.0. The number of aliphatic hydroxyl groups excluding tert-OH is 1. The van der Waals surface area contributed by atoms with E-state index in [1.54, 1.807) is 0 Å². The van der Waals surface area contributed by atoms with Crippen LogP contribution < -0.4 is 4.90 Å². The molecule has 0 radical (unpaired) electrons. The van der Waals surface area contributed by atoms with Gasteiger partial charge in [-0.2, -0.15) is 4.39 Å². The van der Waals surface area contributed by atoms with Crippen LogP contribution in [-0.2, 0) is 4.79 Å². The molecule has 0 bridgehead atoms. The molecule has 1 fully saturated rings. The molecular weight excluding hydrogens is 225 g/mol. The highest BCUT2D eigenvalue weighted by molar-refractivity contribution is 6.29. The van der Waals surface area contributed by atoms with Crippen LogP contribution in [0.15, 0.2) is 6.33 Å². The maximum Gasteiger partial charge on any atom is 0.230 e. The summed E-state index contributed by atoms with van der Waals surface area (Å²) in [6.45, 7) is 0.0308. The highest BCUT2D eigenvalue weighted by Crippen LogP contribution is 2.25. The lowest BCUT2D eigenvalue weighted by atomic mass is 10.3. The fourth-order valence-corrected chi connectivity index (χ4v) is 1.55. The molecule has 1 N–H and O–H groups in total. The van der Waals surface area contributed by atoms with Gasteiger partial charge in [0.25, 0.3) is 0 Å². The van der Waals surface area contributed by atoms with Gasteiger partial charge in [0.15, 0.2) is 11.0 Å². The highest BCUT2D eigenvalue weighted by Gasteiger charge is 2.32. The quantitative estimate of drug-likeness (QED) is 0.709. The summed E-state index contributed by atoms with van der Waals surface area (Å²) < 4.78 is 13.4. The van der Waals surface area contributed by atoms with E-state index in [4.69, 9.17) is 11.6 Å². The summed E-state index contributed by atoms with van der Waals surface area (Å²) in [7, 11) is 0. The Morgan fingerprint density at radius 2 is 2.33 bits per heavy atom. The van der Waals surface area contributed by atoms with Crippen molar-refractivity contribution in [2.45, 2.75) is 12.5 Å². The van der Waals surface area contributed by atoms with Gasteiger partial charge in [0.05, 0.1) is 19.1 Å². The number of halogens is 2. The van der Waals surface area contributed by atoms with E-state index >= 15 is 0 Å². The standard InChI is InChI=1S/C8H7ClFN3O2/c9-7-6(10)8(12-3-11-7)13-2-4(14)1-5(13)15/h3-4,14H,1-2H2. The number of aromatic nitrogens is 2. The Hall–Kier alpha value is -1.27. The van der Waals surface area contributed by atoms with Gasteiger partial charge in [-0.25, -0.2) is 9.97 Å². The maximum atomic E-state index is 13.4. The van der Waals surface area contributed by atoms with Crippen LogP contribution in [0.25, 0.3) is 0 Å². The summed E-state index contributed by atoms with van der Waals surface area (Å²) >= 11 is 5.45. The van der Waals surface area contributed by atoms with E-state index < -0.39 is 11.9 Å². The Morgan fingerprint density at radius 1 is 1.60 bits per heavy atom. The van der Waals surface area contributed by atoms with Gasteiger partial charge in [0.2, 0.25) is 11.7 Å². The lowest BCUT2D eigenvalue weighted by Crippen LogP contribution is -2.27. The Bertz CT molecular complexity index is 415. The maximum absolute atomic E-state index is 13.4. The molecular formula is C8H7ClFN3O2. The fraction of sp³-hybridized carbons (Fsp3) is 0.375. The van der Waals surface area contributed by atoms with Crippen molar-refractivity contribution in [1.29, 1.82) is 0 Å². The van der Waals surface area contributed by atoms with E-state index in [1.807, 2.05) is 0 Å². The second-order valence-electron chi connectivity index (χ2n) is 3.16.